The van der Waals surface area contributed by atoms with Gasteiger partial charge in [-0.3, -0.25) is 14.5 Å². The highest BCUT2D eigenvalue weighted by atomic mass is 19.3. The number of pyridine rings is 1. The van der Waals surface area contributed by atoms with Gasteiger partial charge in [-0.2, -0.15) is 5.10 Å². The number of carbonyl (C=O) groups is 1. The van der Waals surface area contributed by atoms with E-state index in [4.69, 9.17) is 0 Å². The first-order valence-electron chi connectivity index (χ1n) is 8.49. The van der Waals surface area contributed by atoms with Gasteiger partial charge < -0.3 is 5.32 Å². The molecule has 0 radical (unpaired) electrons. The predicted molar refractivity (Wildman–Crippen MR) is 90.8 cm³/mol. The van der Waals surface area contributed by atoms with E-state index in [0.717, 1.165) is 11.3 Å². The van der Waals surface area contributed by atoms with Crippen molar-refractivity contribution < 1.29 is 13.6 Å². The molecule has 0 bridgehead atoms. The van der Waals surface area contributed by atoms with E-state index in [1.54, 1.807) is 29.2 Å². The Hall–Kier alpha value is -2.31. The van der Waals surface area contributed by atoms with Gasteiger partial charge in [0, 0.05) is 43.0 Å². The Morgan fingerprint density at radius 2 is 1.92 bits per heavy atom. The van der Waals surface area contributed by atoms with Crippen molar-refractivity contribution in [2.45, 2.75) is 52.0 Å². The van der Waals surface area contributed by atoms with Crippen LogP contribution in [0.3, 0.4) is 0 Å². The molecule has 1 saturated carbocycles. The summed E-state index contributed by atoms with van der Waals surface area (Å²) in [7, 11) is 0. The minimum absolute atomic E-state index is 0.0879. The zero-order valence-electron chi connectivity index (χ0n) is 14.4. The number of carbonyl (C=O) groups excluding carboxylic acids is 1. The van der Waals surface area contributed by atoms with E-state index in [1.807, 2.05) is 13.8 Å². The van der Waals surface area contributed by atoms with Crippen LogP contribution in [0.15, 0.2) is 24.5 Å². The minimum Gasteiger partial charge on any atom is -0.321 e. The molecule has 2 heterocycles. The number of halogens is 2. The topological polar surface area (TPSA) is 59.8 Å². The van der Waals surface area contributed by atoms with Crippen LogP contribution in [0.4, 0.5) is 14.5 Å². The summed E-state index contributed by atoms with van der Waals surface area (Å²) in [5, 5.41) is 7.30. The van der Waals surface area contributed by atoms with Gasteiger partial charge in [0.2, 0.25) is 5.92 Å². The molecule has 7 heteroatoms. The maximum Gasteiger partial charge on any atom is 0.274 e. The second kappa shape index (κ2) is 6.90. The standard InChI is InChI=1S/C18H22F2N4O/c1-12-13(2)23-24(11-14-3-7-18(19,20)8-4-14)16(12)17(25)22-15-5-9-21-10-6-15/h5-6,9-10,14H,3-4,7-8,11H2,1-2H3,(H,21,22,25). The molecule has 0 aromatic carbocycles. The monoisotopic (exact) mass is 348 g/mol. The van der Waals surface area contributed by atoms with Crippen molar-refractivity contribution >= 4 is 11.6 Å². The van der Waals surface area contributed by atoms with Gasteiger partial charge >= 0.3 is 0 Å². The number of aryl methyl sites for hydroxylation is 1. The molecule has 1 aliphatic rings. The molecule has 1 fully saturated rings. The zero-order valence-corrected chi connectivity index (χ0v) is 14.4. The molecule has 5 nitrogen and oxygen atoms in total. The molecule has 25 heavy (non-hydrogen) atoms. The van der Waals surface area contributed by atoms with Gasteiger partial charge in [-0.1, -0.05) is 0 Å². The summed E-state index contributed by atoms with van der Waals surface area (Å²) < 4.78 is 28.4. The highest BCUT2D eigenvalue weighted by Crippen LogP contribution is 2.37. The van der Waals surface area contributed by atoms with E-state index in [9.17, 15) is 13.6 Å². The summed E-state index contributed by atoms with van der Waals surface area (Å²) in [5.41, 5.74) is 2.74. The molecule has 0 aliphatic heterocycles. The van der Waals surface area contributed by atoms with Crippen LogP contribution in [0.5, 0.6) is 0 Å². The van der Waals surface area contributed by atoms with Crippen LogP contribution in [0.1, 0.15) is 47.4 Å². The molecule has 1 aliphatic carbocycles. The quantitative estimate of drug-likeness (QED) is 0.909. The fourth-order valence-corrected chi connectivity index (χ4v) is 3.24. The molecule has 0 saturated heterocycles. The normalized spacial score (nSPS) is 17.4. The van der Waals surface area contributed by atoms with E-state index >= 15 is 0 Å². The van der Waals surface area contributed by atoms with E-state index in [0.29, 0.717) is 30.8 Å². The van der Waals surface area contributed by atoms with Crippen molar-refractivity contribution in [1.29, 1.82) is 0 Å². The Labute approximate surface area is 145 Å². The summed E-state index contributed by atoms with van der Waals surface area (Å²) in [6.45, 7) is 4.20. The molecule has 134 valence electrons. The lowest BCUT2D eigenvalue weighted by Crippen LogP contribution is -2.28. The number of nitrogens with zero attached hydrogens (tertiary/aromatic N) is 3. The maximum absolute atomic E-state index is 13.3. The molecular formula is C18H22F2N4O. The third kappa shape index (κ3) is 4.03. The van der Waals surface area contributed by atoms with Crippen molar-refractivity contribution in [1.82, 2.24) is 14.8 Å². The molecule has 1 N–H and O–H groups in total. The number of hydrogen-bond donors (Lipinski definition) is 1. The fraction of sp³-hybridized carbons (Fsp3) is 0.500. The van der Waals surface area contributed by atoms with Gasteiger partial charge in [-0.05, 0) is 44.7 Å². The number of alkyl halides is 2. The van der Waals surface area contributed by atoms with E-state index in [1.165, 1.54) is 0 Å². The molecule has 0 unspecified atom stereocenters. The van der Waals surface area contributed by atoms with Gasteiger partial charge in [-0.25, -0.2) is 8.78 Å². The summed E-state index contributed by atoms with van der Waals surface area (Å²) in [5.74, 6) is -2.68. The number of nitrogens with one attached hydrogen (secondary N) is 1. The molecule has 2 aromatic rings. The number of anilines is 1. The van der Waals surface area contributed by atoms with Crippen molar-refractivity contribution in [3.63, 3.8) is 0 Å². The summed E-state index contributed by atoms with van der Waals surface area (Å²) >= 11 is 0. The van der Waals surface area contributed by atoms with Crippen LogP contribution < -0.4 is 5.32 Å². The summed E-state index contributed by atoms with van der Waals surface area (Å²) in [6.07, 6.45) is 3.94. The third-order valence-electron chi connectivity index (χ3n) is 4.85. The van der Waals surface area contributed by atoms with E-state index < -0.39 is 5.92 Å². The molecule has 1 amide bonds. The van der Waals surface area contributed by atoms with Gasteiger partial charge in [0.1, 0.15) is 5.69 Å². The highest BCUT2D eigenvalue weighted by Gasteiger charge is 2.35. The third-order valence-corrected chi connectivity index (χ3v) is 4.85. The lowest BCUT2D eigenvalue weighted by atomic mass is 9.87. The van der Waals surface area contributed by atoms with Gasteiger partial charge in [-0.15, -0.1) is 0 Å². The van der Waals surface area contributed by atoms with Crippen LogP contribution in [-0.4, -0.2) is 26.6 Å². The first kappa shape index (κ1) is 17.5. The average molecular weight is 348 g/mol. The average Bonchev–Trinajstić information content (AvgIpc) is 2.85. The zero-order chi connectivity index (χ0) is 18.0. The number of aromatic nitrogens is 3. The Morgan fingerprint density at radius 1 is 1.28 bits per heavy atom. The second-order valence-corrected chi connectivity index (χ2v) is 6.73. The van der Waals surface area contributed by atoms with Gasteiger partial charge in [0.15, 0.2) is 0 Å². The second-order valence-electron chi connectivity index (χ2n) is 6.73. The molecule has 3 rings (SSSR count). The van der Waals surface area contributed by atoms with Gasteiger partial charge in [0.25, 0.3) is 5.91 Å². The number of amides is 1. The lowest BCUT2D eigenvalue weighted by Gasteiger charge is -2.28. The fourth-order valence-electron chi connectivity index (χ4n) is 3.24. The Bertz CT molecular complexity index is 748. The molecule has 0 atom stereocenters. The largest absolute Gasteiger partial charge is 0.321 e. The number of rotatable bonds is 4. The lowest BCUT2D eigenvalue weighted by molar-refractivity contribution is -0.0477. The highest BCUT2D eigenvalue weighted by molar-refractivity contribution is 6.04. The first-order valence-corrected chi connectivity index (χ1v) is 8.49. The smallest absolute Gasteiger partial charge is 0.274 e. The van der Waals surface area contributed by atoms with E-state index in [-0.39, 0.29) is 24.7 Å². The SMILES string of the molecule is Cc1nn(CC2CCC(F)(F)CC2)c(C(=O)Nc2ccncc2)c1C. The van der Waals surface area contributed by atoms with Crippen LogP contribution in [0.2, 0.25) is 0 Å². The Morgan fingerprint density at radius 3 is 2.56 bits per heavy atom. The van der Waals surface area contributed by atoms with Crippen LogP contribution in [0.25, 0.3) is 0 Å². The van der Waals surface area contributed by atoms with Crippen molar-refractivity contribution in [3.8, 4) is 0 Å². The first-order chi connectivity index (χ1) is 11.9. The van der Waals surface area contributed by atoms with Crippen molar-refractivity contribution in [3.05, 3.63) is 41.5 Å². The van der Waals surface area contributed by atoms with Crippen molar-refractivity contribution in [2.24, 2.45) is 5.92 Å². The molecule has 0 spiro atoms. The van der Waals surface area contributed by atoms with Gasteiger partial charge in [0.05, 0.1) is 5.69 Å². The van der Waals surface area contributed by atoms with Crippen LogP contribution in [-0.2, 0) is 6.54 Å². The van der Waals surface area contributed by atoms with Crippen LogP contribution >= 0.6 is 0 Å². The summed E-state index contributed by atoms with van der Waals surface area (Å²) in [6, 6.07) is 3.42. The maximum atomic E-state index is 13.3. The Balaban J connectivity index is 1.77. The van der Waals surface area contributed by atoms with Crippen LogP contribution in [0, 0.1) is 19.8 Å². The summed E-state index contributed by atoms with van der Waals surface area (Å²) in [4.78, 5) is 16.6. The predicted octanol–water partition coefficient (Wildman–Crippen LogP) is 3.97. The molecular weight excluding hydrogens is 326 g/mol. The van der Waals surface area contributed by atoms with E-state index in [2.05, 4.69) is 15.4 Å². The number of hydrogen-bond acceptors (Lipinski definition) is 3. The van der Waals surface area contributed by atoms with Crippen molar-refractivity contribution in [2.75, 3.05) is 5.32 Å². The Kier molecular flexibility index (Phi) is 4.83. The molecule has 2 aromatic heterocycles. The minimum atomic E-state index is -2.55.